The van der Waals surface area contributed by atoms with Gasteiger partial charge in [-0.1, -0.05) is 0 Å². The first-order chi connectivity index (χ1) is 10.4. The van der Waals surface area contributed by atoms with Gasteiger partial charge in [0, 0.05) is 3.57 Å². The molecule has 0 aliphatic rings. The number of halogens is 3. The van der Waals surface area contributed by atoms with E-state index in [4.69, 9.17) is 0 Å². The van der Waals surface area contributed by atoms with Gasteiger partial charge in [0.2, 0.25) is 0 Å². The molecule has 22 heavy (non-hydrogen) atoms. The van der Waals surface area contributed by atoms with Gasteiger partial charge >= 0.3 is 18.6 Å². The molecule has 0 unspecified atom stereocenters. The van der Waals surface area contributed by atoms with Gasteiger partial charge in [-0.25, -0.2) is 9.59 Å². The van der Waals surface area contributed by atoms with Crippen molar-refractivity contribution in [3.8, 4) is 5.75 Å². The molecule has 120 valence electrons. The van der Waals surface area contributed by atoms with Crippen LogP contribution in [0.2, 0.25) is 0 Å². The second-order valence-electron chi connectivity index (χ2n) is 3.72. The maximum Gasteiger partial charge on any atom is 0.387 e. The molecular weight excluding hydrogens is 415 g/mol. The highest BCUT2D eigenvalue weighted by Gasteiger charge is 2.15. The molecule has 0 aliphatic heterocycles. The summed E-state index contributed by atoms with van der Waals surface area (Å²) in [6, 6.07) is 4.07. The minimum absolute atomic E-state index is 0.0264. The van der Waals surface area contributed by atoms with Crippen LogP contribution in [-0.4, -0.2) is 32.8 Å². The number of esters is 2. The number of hydrogen-bond acceptors (Lipinski definition) is 6. The first-order valence-corrected chi connectivity index (χ1v) is 6.84. The number of carbonyl (C=O) groups excluding carboxylic acids is 2. The fourth-order valence-corrected chi connectivity index (χ4v) is 1.97. The average Bonchev–Trinajstić information content (AvgIpc) is 2.47. The molecule has 0 spiro atoms. The fourth-order valence-electron chi connectivity index (χ4n) is 1.35. The summed E-state index contributed by atoms with van der Waals surface area (Å²) in [4.78, 5) is 22.8. The number of rotatable bonds is 6. The maximum absolute atomic E-state index is 12.1. The zero-order valence-electron chi connectivity index (χ0n) is 11.6. The number of hydrogen-bond donors (Lipinski definition) is 1. The first-order valence-electron chi connectivity index (χ1n) is 5.76. The van der Waals surface area contributed by atoms with E-state index in [1.54, 1.807) is 0 Å². The van der Waals surface area contributed by atoms with Crippen LogP contribution in [0.4, 0.5) is 14.5 Å². The van der Waals surface area contributed by atoms with Crippen molar-refractivity contribution in [2.45, 2.75) is 6.61 Å². The minimum Gasteiger partial charge on any atom is -0.466 e. The molecular formula is C13H12F2INO5. The van der Waals surface area contributed by atoms with Gasteiger partial charge in [0.25, 0.3) is 0 Å². The van der Waals surface area contributed by atoms with Gasteiger partial charge in [0.15, 0.2) is 0 Å². The lowest BCUT2D eigenvalue weighted by atomic mass is 10.3. The summed E-state index contributed by atoms with van der Waals surface area (Å²) in [7, 11) is 2.31. The Hall–Kier alpha value is -1.91. The fraction of sp³-hybridized carbons (Fsp3) is 0.231. The molecule has 0 heterocycles. The summed E-state index contributed by atoms with van der Waals surface area (Å²) in [5, 5.41) is 2.68. The topological polar surface area (TPSA) is 73.9 Å². The highest BCUT2D eigenvalue weighted by molar-refractivity contribution is 14.1. The van der Waals surface area contributed by atoms with E-state index in [-0.39, 0.29) is 11.4 Å². The molecule has 0 aromatic heterocycles. The van der Waals surface area contributed by atoms with Crippen molar-refractivity contribution in [2.24, 2.45) is 0 Å². The predicted octanol–water partition coefficient (Wildman–Crippen LogP) is 2.53. The van der Waals surface area contributed by atoms with E-state index < -0.39 is 18.6 Å². The second kappa shape index (κ2) is 8.51. The Labute approximate surface area is 138 Å². The summed E-state index contributed by atoms with van der Waals surface area (Å²) in [6.45, 7) is -2.93. The van der Waals surface area contributed by atoms with Crippen molar-refractivity contribution >= 4 is 40.2 Å². The zero-order chi connectivity index (χ0) is 16.7. The summed E-state index contributed by atoms with van der Waals surface area (Å²) in [5.74, 6) is -1.56. The van der Waals surface area contributed by atoms with Crippen LogP contribution in [0.25, 0.3) is 0 Å². The third kappa shape index (κ3) is 5.47. The first kappa shape index (κ1) is 18.1. The van der Waals surface area contributed by atoms with Gasteiger partial charge in [0.05, 0.1) is 26.0 Å². The lowest BCUT2D eigenvalue weighted by molar-refractivity contribution is -0.138. The van der Waals surface area contributed by atoms with Crippen LogP contribution in [0.5, 0.6) is 5.75 Å². The van der Waals surface area contributed by atoms with Crippen molar-refractivity contribution in [1.29, 1.82) is 0 Å². The lowest BCUT2D eigenvalue weighted by Crippen LogP contribution is -2.16. The van der Waals surface area contributed by atoms with Crippen LogP contribution in [0, 0.1) is 3.57 Å². The van der Waals surface area contributed by atoms with Crippen molar-refractivity contribution in [3.05, 3.63) is 33.5 Å². The summed E-state index contributed by atoms with van der Waals surface area (Å²) in [5.41, 5.74) is 0.248. The van der Waals surface area contributed by atoms with Crippen LogP contribution in [0.15, 0.2) is 30.0 Å². The summed E-state index contributed by atoms with van der Waals surface area (Å²) >= 11 is 1.86. The number of alkyl halides is 2. The van der Waals surface area contributed by atoms with Crippen molar-refractivity contribution in [3.63, 3.8) is 0 Å². The van der Waals surface area contributed by atoms with Gasteiger partial charge in [-0.05, 0) is 40.8 Å². The number of anilines is 1. The van der Waals surface area contributed by atoms with E-state index in [0.717, 1.165) is 20.3 Å². The molecule has 0 amide bonds. The van der Waals surface area contributed by atoms with Crippen LogP contribution in [-0.2, 0) is 19.1 Å². The van der Waals surface area contributed by atoms with Gasteiger partial charge in [-0.2, -0.15) is 8.78 Å². The van der Waals surface area contributed by atoms with Gasteiger partial charge in [-0.15, -0.1) is 0 Å². The van der Waals surface area contributed by atoms with Gasteiger partial charge in [-0.3, -0.25) is 0 Å². The predicted molar refractivity (Wildman–Crippen MR) is 81.5 cm³/mol. The SMILES string of the molecule is COC(=O)/C=C(/Nc1ccc(OC(F)F)cc1I)C(=O)OC. The lowest BCUT2D eigenvalue weighted by Gasteiger charge is -2.12. The largest absolute Gasteiger partial charge is 0.466 e. The Morgan fingerprint density at radius 2 is 1.95 bits per heavy atom. The average molecular weight is 427 g/mol. The van der Waals surface area contributed by atoms with Crippen LogP contribution >= 0.6 is 22.6 Å². The highest BCUT2D eigenvalue weighted by Crippen LogP contribution is 2.26. The Morgan fingerprint density at radius 1 is 1.27 bits per heavy atom. The van der Waals surface area contributed by atoms with E-state index in [1.165, 1.54) is 18.2 Å². The molecule has 1 N–H and O–H groups in total. The molecule has 0 saturated heterocycles. The summed E-state index contributed by atoms with van der Waals surface area (Å²) in [6.07, 6.45) is 0.922. The van der Waals surface area contributed by atoms with E-state index >= 15 is 0 Å². The second-order valence-corrected chi connectivity index (χ2v) is 4.88. The molecule has 0 saturated carbocycles. The van der Waals surface area contributed by atoms with Gasteiger partial charge in [0.1, 0.15) is 11.4 Å². The smallest absolute Gasteiger partial charge is 0.387 e. The van der Waals surface area contributed by atoms with Crippen molar-refractivity contribution in [1.82, 2.24) is 0 Å². The van der Waals surface area contributed by atoms with E-state index in [0.29, 0.717) is 9.26 Å². The highest BCUT2D eigenvalue weighted by atomic mass is 127. The van der Waals surface area contributed by atoms with Crippen molar-refractivity contribution < 1.29 is 32.6 Å². The third-order valence-electron chi connectivity index (χ3n) is 2.30. The number of methoxy groups -OCH3 is 2. The van der Waals surface area contributed by atoms with E-state index in [1.807, 2.05) is 22.6 Å². The standard InChI is InChI=1S/C13H12F2INO5/c1-20-11(18)6-10(12(19)21-2)17-9-4-3-7(5-8(9)16)22-13(14)15/h3-6,13,17H,1-2H3/b10-6+. The van der Waals surface area contributed by atoms with E-state index in [2.05, 4.69) is 19.5 Å². The molecule has 0 fully saturated rings. The van der Waals surface area contributed by atoms with Crippen LogP contribution in [0.3, 0.4) is 0 Å². The Balaban J connectivity index is 3.01. The molecule has 0 aliphatic carbocycles. The molecule has 0 bridgehead atoms. The zero-order valence-corrected chi connectivity index (χ0v) is 13.7. The Kier molecular flexibility index (Phi) is 7.02. The molecule has 1 aromatic rings. The normalized spacial score (nSPS) is 11.1. The molecule has 0 radical (unpaired) electrons. The third-order valence-corrected chi connectivity index (χ3v) is 3.20. The Morgan fingerprint density at radius 3 is 2.45 bits per heavy atom. The molecule has 9 heteroatoms. The van der Waals surface area contributed by atoms with Crippen LogP contribution < -0.4 is 10.1 Å². The quantitative estimate of drug-likeness (QED) is 0.428. The van der Waals surface area contributed by atoms with Crippen molar-refractivity contribution in [2.75, 3.05) is 19.5 Å². The molecule has 0 atom stereocenters. The number of benzene rings is 1. The summed E-state index contributed by atoms with van der Waals surface area (Å²) < 4.78 is 38.0. The number of nitrogens with one attached hydrogen (secondary N) is 1. The number of ether oxygens (including phenoxy) is 3. The van der Waals surface area contributed by atoms with E-state index in [9.17, 15) is 18.4 Å². The number of carbonyl (C=O) groups is 2. The molecule has 1 aromatic carbocycles. The van der Waals surface area contributed by atoms with Gasteiger partial charge < -0.3 is 19.5 Å². The monoisotopic (exact) mass is 427 g/mol. The molecule has 1 rings (SSSR count). The van der Waals surface area contributed by atoms with Crippen LogP contribution in [0.1, 0.15) is 0 Å². The maximum atomic E-state index is 12.1. The Bertz CT molecular complexity index is 592. The molecule has 6 nitrogen and oxygen atoms in total. The minimum atomic E-state index is -2.93.